The summed E-state index contributed by atoms with van der Waals surface area (Å²) >= 11 is 0. The lowest BCUT2D eigenvalue weighted by Crippen LogP contribution is -2.37. The molecule has 3 atom stereocenters. The Labute approximate surface area is 111 Å². The van der Waals surface area contributed by atoms with Gasteiger partial charge in [0.05, 0.1) is 47.6 Å². The zero-order chi connectivity index (χ0) is 13.0. The van der Waals surface area contributed by atoms with E-state index in [-0.39, 0.29) is 0 Å². The van der Waals surface area contributed by atoms with Crippen molar-refractivity contribution in [2.45, 2.75) is 12.8 Å². The van der Waals surface area contributed by atoms with Gasteiger partial charge >= 0.3 is 0 Å². The van der Waals surface area contributed by atoms with E-state index in [4.69, 9.17) is 9.47 Å². The van der Waals surface area contributed by atoms with Crippen molar-refractivity contribution >= 4 is 0 Å². The second-order valence-corrected chi connectivity index (χ2v) is 6.74. The molecule has 2 rings (SSSR count). The van der Waals surface area contributed by atoms with E-state index in [0.29, 0.717) is 0 Å². The van der Waals surface area contributed by atoms with Gasteiger partial charge in [-0.1, -0.05) is 12.2 Å². The minimum atomic E-state index is 0.733. The van der Waals surface area contributed by atoms with Gasteiger partial charge in [-0.2, -0.15) is 0 Å². The molecule has 0 aromatic carbocycles. The monoisotopic (exact) mass is 254 g/mol. The molecule has 0 amide bonds. The third-order valence-electron chi connectivity index (χ3n) is 4.03. The molecule has 1 saturated carbocycles. The minimum Gasteiger partial charge on any atom is -0.379 e. The second kappa shape index (κ2) is 6.18. The molecular formula is C15H28NO2+. The van der Waals surface area contributed by atoms with Gasteiger partial charge in [0.1, 0.15) is 6.54 Å². The third-order valence-corrected chi connectivity index (χ3v) is 4.03. The van der Waals surface area contributed by atoms with E-state index in [1.165, 1.54) is 12.8 Å². The summed E-state index contributed by atoms with van der Waals surface area (Å²) in [5.74, 6) is 2.42. The molecule has 0 aromatic rings. The van der Waals surface area contributed by atoms with Crippen LogP contribution in [-0.4, -0.2) is 58.6 Å². The normalized spacial score (nSPS) is 30.3. The van der Waals surface area contributed by atoms with Crippen molar-refractivity contribution in [3.8, 4) is 0 Å². The number of ether oxygens (including phenoxy) is 2. The molecule has 18 heavy (non-hydrogen) atoms. The van der Waals surface area contributed by atoms with E-state index in [0.717, 1.165) is 55.2 Å². The minimum absolute atomic E-state index is 0.733. The molecule has 3 nitrogen and oxygen atoms in total. The van der Waals surface area contributed by atoms with Crippen LogP contribution in [0.5, 0.6) is 0 Å². The van der Waals surface area contributed by atoms with Crippen LogP contribution in [0.25, 0.3) is 0 Å². The van der Waals surface area contributed by atoms with Gasteiger partial charge in [0.2, 0.25) is 0 Å². The quantitative estimate of drug-likeness (QED) is 0.374. The Balaban J connectivity index is 1.44. The van der Waals surface area contributed by atoms with Crippen molar-refractivity contribution in [2.24, 2.45) is 17.8 Å². The van der Waals surface area contributed by atoms with Crippen LogP contribution in [0.15, 0.2) is 12.2 Å². The number of quaternary nitrogens is 1. The van der Waals surface area contributed by atoms with Crippen LogP contribution in [0, 0.1) is 17.8 Å². The van der Waals surface area contributed by atoms with Crippen LogP contribution in [0.1, 0.15) is 12.8 Å². The molecule has 0 aliphatic heterocycles. The molecule has 3 heteroatoms. The van der Waals surface area contributed by atoms with Crippen LogP contribution < -0.4 is 0 Å². The summed E-state index contributed by atoms with van der Waals surface area (Å²) < 4.78 is 12.3. The number of fused-ring (bicyclic) bond motifs is 2. The Hall–Kier alpha value is -0.380. The lowest BCUT2D eigenvalue weighted by molar-refractivity contribution is -0.870. The topological polar surface area (TPSA) is 18.5 Å². The van der Waals surface area contributed by atoms with Crippen molar-refractivity contribution in [1.82, 2.24) is 0 Å². The highest BCUT2D eigenvalue weighted by Crippen LogP contribution is 2.43. The third kappa shape index (κ3) is 4.38. The predicted octanol–water partition coefficient (Wildman–Crippen LogP) is 1.94. The number of hydrogen-bond donors (Lipinski definition) is 0. The highest BCUT2D eigenvalue weighted by Gasteiger charge is 2.35. The first kappa shape index (κ1) is 14.0. The summed E-state index contributed by atoms with van der Waals surface area (Å²) in [6.07, 6.45) is 7.48. The maximum absolute atomic E-state index is 5.74. The van der Waals surface area contributed by atoms with Crippen LogP contribution in [0.2, 0.25) is 0 Å². The maximum Gasteiger partial charge on any atom is 0.102 e. The van der Waals surface area contributed by atoms with Crippen LogP contribution in [-0.2, 0) is 9.47 Å². The molecule has 0 heterocycles. The molecule has 0 radical (unpaired) electrons. The van der Waals surface area contributed by atoms with Crippen molar-refractivity contribution < 1.29 is 14.0 Å². The fraction of sp³-hybridized carbons (Fsp3) is 0.867. The fourth-order valence-electron chi connectivity index (χ4n) is 2.88. The van der Waals surface area contributed by atoms with Crippen LogP contribution in [0.3, 0.4) is 0 Å². The Bertz CT molecular complexity index is 283. The number of nitrogens with zero attached hydrogens (tertiary/aromatic N) is 1. The lowest BCUT2D eigenvalue weighted by Gasteiger charge is -2.23. The number of hydrogen-bond acceptors (Lipinski definition) is 2. The van der Waals surface area contributed by atoms with Gasteiger partial charge in [-0.15, -0.1) is 0 Å². The van der Waals surface area contributed by atoms with Gasteiger partial charge in [0.25, 0.3) is 0 Å². The first-order valence-electron chi connectivity index (χ1n) is 7.19. The Kier molecular flexibility index (Phi) is 4.82. The van der Waals surface area contributed by atoms with E-state index in [2.05, 4.69) is 33.3 Å². The standard InChI is InChI=1S/C15H28NO2/c1-16(2,3)6-7-17-8-9-18-12-15-11-13-4-5-14(15)10-13/h4-5,13-15H,6-12H2,1-3H3/q+1. The van der Waals surface area contributed by atoms with E-state index < -0.39 is 0 Å². The average molecular weight is 254 g/mol. The Morgan fingerprint density at radius 2 is 1.78 bits per heavy atom. The molecule has 0 N–H and O–H groups in total. The van der Waals surface area contributed by atoms with Crippen molar-refractivity contribution in [1.29, 1.82) is 0 Å². The second-order valence-electron chi connectivity index (χ2n) is 6.74. The van der Waals surface area contributed by atoms with E-state index in [9.17, 15) is 0 Å². The Morgan fingerprint density at radius 1 is 1.00 bits per heavy atom. The van der Waals surface area contributed by atoms with Crippen molar-refractivity contribution in [2.75, 3.05) is 54.1 Å². The van der Waals surface area contributed by atoms with E-state index in [1.807, 2.05) is 0 Å². The number of likely N-dealkylation sites (N-methyl/N-ethyl adjacent to an activating group) is 1. The zero-order valence-electron chi connectivity index (χ0n) is 12.1. The van der Waals surface area contributed by atoms with Gasteiger partial charge in [0, 0.05) is 0 Å². The van der Waals surface area contributed by atoms with E-state index >= 15 is 0 Å². The SMILES string of the molecule is C[N+](C)(C)CCOCCOCC1CC2C=CC1C2. The van der Waals surface area contributed by atoms with Crippen LogP contribution in [0.4, 0.5) is 0 Å². The first-order valence-corrected chi connectivity index (χ1v) is 7.19. The molecule has 3 unspecified atom stereocenters. The van der Waals surface area contributed by atoms with Gasteiger partial charge in [-0.3, -0.25) is 0 Å². The molecule has 2 aliphatic rings. The highest BCUT2D eigenvalue weighted by atomic mass is 16.5. The summed E-state index contributed by atoms with van der Waals surface area (Å²) in [7, 11) is 6.55. The molecule has 104 valence electrons. The highest BCUT2D eigenvalue weighted by molar-refractivity contribution is 5.09. The molecule has 2 aliphatic carbocycles. The number of rotatable bonds is 8. The van der Waals surface area contributed by atoms with Crippen LogP contribution >= 0.6 is 0 Å². The summed E-state index contributed by atoms with van der Waals surface area (Å²) in [6.45, 7) is 4.27. The van der Waals surface area contributed by atoms with Crippen molar-refractivity contribution in [3.63, 3.8) is 0 Å². The summed E-state index contributed by atoms with van der Waals surface area (Å²) in [6, 6.07) is 0. The summed E-state index contributed by atoms with van der Waals surface area (Å²) in [5.41, 5.74) is 0. The molecule has 1 fully saturated rings. The molecule has 2 bridgehead atoms. The molecular weight excluding hydrogens is 226 g/mol. The number of allylic oxidation sites excluding steroid dienone is 2. The molecule has 0 spiro atoms. The van der Waals surface area contributed by atoms with E-state index in [1.54, 1.807) is 0 Å². The lowest BCUT2D eigenvalue weighted by atomic mass is 9.95. The van der Waals surface area contributed by atoms with Crippen molar-refractivity contribution in [3.05, 3.63) is 12.2 Å². The molecule has 0 saturated heterocycles. The van der Waals surface area contributed by atoms with Gasteiger partial charge < -0.3 is 14.0 Å². The summed E-state index contributed by atoms with van der Waals surface area (Å²) in [5, 5.41) is 0. The van der Waals surface area contributed by atoms with Gasteiger partial charge in [0.15, 0.2) is 0 Å². The smallest absolute Gasteiger partial charge is 0.102 e. The summed E-state index contributed by atoms with van der Waals surface area (Å²) in [4.78, 5) is 0. The first-order chi connectivity index (χ1) is 8.54. The largest absolute Gasteiger partial charge is 0.379 e. The van der Waals surface area contributed by atoms with Gasteiger partial charge in [-0.25, -0.2) is 0 Å². The molecule has 0 aromatic heterocycles. The fourth-order valence-corrected chi connectivity index (χ4v) is 2.88. The average Bonchev–Trinajstić information content (AvgIpc) is 2.88. The Morgan fingerprint density at radius 3 is 2.39 bits per heavy atom. The van der Waals surface area contributed by atoms with Gasteiger partial charge in [-0.05, 0) is 30.6 Å². The maximum atomic E-state index is 5.74. The predicted molar refractivity (Wildman–Crippen MR) is 73.4 cm³/mol. The zero-order valence-corrected chi connectivity index (χ0v) is 12.1.